The van der Waals surface area contributed by atoms with Crippen LogP contribution < -0.4 is 4.74 Å². The first-order chi connectivity index (χ1) is 8.77. The molecule has 2 heterocycles. The van der Waals surface area contributed by atoms with Crippen LogP contribution in [0, 0.1) is 0 Å². The topological polar surface area (TPSA) is 72.3 Å². The molecular weight excluding hydrogens is 232 g/mol. The molecule has 0 aliphatic heterocycles. The maximum Gasteiger partial charge on any atom is 0.314 e. The van der Waals surface area contributed by atoms with Gasteiger partial charge < -0.3 is 9.84 Å². The summed E-state index contributed by atoms with van der Waals surface area (Å²) in [6, 6.07) is 6.81. The zero-order valence-corrected chi connectivity index (χ0v) is 9.56. The van der Waals surface area contributed by atoms with E-state index in [1.54, 1.807) is 49.1 Å². The monoisotopic (exact) mass is 244 g/mol. The second-order valence-electron chi connectivity index (χ2n) is 3.67. The first-order valence-corrected chi connectivity index (χ1v) is 5.43. The molecular formula is C13H12N2O3. The van der Waals surface area contributed by atoms with Crippen LogP contribution in [0.3, 0.4) is 0 Å². The molecule has 0 amide bonds. The van der Waals surface area contributed by atoms with Gasteiger partial charge in [-0.3, -0.25) is 14.8 Å². The lowest BCUT2D eigenvalue weighted by molar-refractivity contribution is -0.139. The predicted octanol–water partition coefficient (Wildman–Crippen LogP) is 1.72. The van der Waals surface area contributed by atoms with Gasteiger partial charge in [-0.25, -0.2) is 0 Å². The quantitative estimate of drug-likeness (QED) is 0.867. The van der Waals surface area contributed by atoms with E-state index in [1.165, 1.54) is 0 Å². The minimum Gasteiger partial charge on any atom is -0.491 e. The summed E-state index contributed by atoms with van der Waals surface area (Å²) >= 11 is 0. The number of nitrogens with zero attached hydrogens (tertiary/aromatic N) is 2. The number of rotatable bonds is 5. The van der Waals surface area contributed by atoms with E-state index in [0.717, 1.165) is 0 Å². The maximum absolute atomic E-state index is 11.2. The average molecular weight is 244 g/mol. The lowest BCUT2D eigenvalue weighted by atomic mass is 10.0. The second-order valence-corrected chi connectivity index (χ2v) is 3.67. The molecule has 2 aromatic rings. The van der Waals surface area contributed by atoms with Gasteiger partial charge in [-0.1, -0.05) is 0 Å². The minimum absolute atomic E-state index is 0.0606. The molecule has 0 aliphatic rings. The number of ether oxygens (including phenoxy) is 1. The molecule has 0 aliphatic carbocycles. The fraction of sp³-hybridized carbons (Fsp3) is 0.154. The fourth-order valence-corrected chi connectivity index (χ4v) is 1.52. The summed E-state index contributed by atoms with van der Waals surface area (Å²) < 4.78 is 5.42. The van der Waals surface area contributed by atoms with E-state index in [4.69, 9.17) is 4.74 Å². The molecule has 1 unspecified atom stereocenters. The van der Waals surface area contributed by atoms with Crippen molar-refractivity contribution in [2.75, 3.05) is 6.61 Å². The molecule has 0 saturated carbocycles. The number of carboxylic acids is 1. The van der Waals surface area contributed by atoms with Gasteiger partial charge in [0.2, 0.25) is 0 Å². The average Bonchev–Trinajstić information content (AvgIpc) is 2.41. The van der Waals surface area contributed by atoms with Crippen LogP contribution in [0.15, 0.2) is 49.1 Å². The molecule has 2 rings (SSSR count). The van der Waals surface area contributed by atoms with Crippen LogP contribution in [0.4, 0.5) is 0 Å². The Labute approximate surface area is 104 Å². The molecule has 92 valence electrons. The molecule has 2 aromatic heterocycles. The van der Waals surface area contributed by atoms with E-state index in [1.807, 2.05) is 0 Å². The van der Waals surface area contributed by atoms with Crippen LogP contribution in [0.25, 0.3) is 0 Å². The molecule has 0 saturated heterocycles. The van der Waals surface area contributed by atoms with Crippen molar-refractivity contribution in [2.24, 2.45) is 0 Å². The minimum atomic E-state index is -0.926. The van der Waals surface area contributed by atoms with Crippen LogP contribution in [0.5, 0.6) is 5.75 Å². The molecule has 5 heteroatoms. The van der Waals surface area contributed by atoms with E-state index in [9.17, 15) is 9.90 Å². The molecule has 1 atom stereocenters. The highest BCUT2D eigenvalue weighted by Crippen LogP contribution is 2.17. The van der Waals surface area contributed by atoms with Crippen molar-refractivity contribution in [2.45, 2.75) is 5.92 Å². The van der Waals surface area contributed by atoms with Gasteiger partial charge in [0.05, 0.1) is 6.20 Å². The second kappa shape index (κ2) is 5.77. The van der Waals surface area contributed by atoms with Crippen molar-refractivity contribution in [1.82, 2.24) is 9.97 Å². The van der Waals surface area contributed by atoms with Crippen molar-refractivity contribution >= 4 is 5.97 Å². The number of aliphatic carboxylic acids is 1. The molecule has 0 bridgehead atoms. The molecule has 0 aromatic carbocycles. The SMILES string of the molecule is O=C(O)C(COc1cccnc1)c1ccncc1. The Bertz CT molecular complexity index is 502. The van der Waals surface area contributed by atoms with Crippen molar-refractivity contribution in [1.29, 1.82) is 0 Å². The zero-order valence-electron chi connectivity index (χ0n) is 9.56. The summed E-state index contributed by atoms with van der Waals surface area (Å²) in [7, 11) is 0. The van der Waals surface area contributed by atoms with E-state index < -0.39 is 11.9 Å². The number of carboxylic acid groups (broad SMARTS) is 1. The van der Waals surface area contributed by atoms with Crippen LogP contribution in [-0.2, 0) is 4.79 Å². The van der Waals surface area contributed by atoms with Gasteiger partial charge in [-0.2, -0.15) is 0 Å². The standard InChI is InChI=1S/C13H12N2O3/c16-13(17)12(10-3-6-14-7-4-10)9-18-11-2-1-5-15-8-11/h1-8,12H,9H2,(H,16,17). The number of hydrogen-bond donors (Lipinski definition) is 1. The van der Waals surface area contributed by atoms with Gasteiger partial charge in [0.1, 0.15) is 18.3 Å². The molecule has 5 nitrogen and oxygen atoms in total. The third kappa shape index (κ3) is 3.04. The number of carbonyl (C=O) groups is 1. The maximum atomic E-state index is 11.2. The Hall–Kier alpha value is -2.43. The summed E-state index contributed by atoms with van der Waals surface area (Å²) in [6.07, 6.45) is 6.31. The van der Waals surface area contributed by atoms with Crippen LogP contribution >= 0.6 is 0 Å². The highest BCUT2D eigenvalue weighted by Gasteiger charge is 2.20. The van der Waals surface area contributed by atoms with E-state index >= 15 is 0 Å². The Morgan fingerprint density at radius 2 is 2.00 bits per heavy atom. The lowest BCUT2D eigenvalue weighted by Gasteiger charge is -2.13. The summed E-state index contributed by atoms with van der Waals surface area (Å²) in [6.45, 7) is 0.0606. The van der Waals surface area contributed by atoms with Crippen molar-refractivity contribution < 1.29 is 14.6 Å². The first-order valence-electron chi connectivity index (χ1n) is 5.43. The van der Waals surface area contributed by atoms with Crippen LogP contribution in [0.1, 0.15) is 11.5 Å². The predicted molar refractivity (Wildman–Crippen MR) is 64.3 cm³/mol. The molecule has 0 radical (unpaired) electrons. The van der Waals surface area contributed by atoms with Gasteiger partial charge in [-0.15, -0.1) is 0 Å². The largest absolute Gasteiger partial charge is 0.491 e. The summed E-state index contributed by atoms with van der Waals surface area (Å²) in [5, 5.41) is 9.19. The summed E-state index contributed by atoms with van der Waals surface area (Å²) in [5.41, 5.74) is 0.668. The molecule has 1 N–H and O–H groups in total. The third-order valence-electron chi connectivity index (χ3n) is 2.46. The Kier molecular flexibility index (Phi) is 3.86. The van der Waals surface area contributed by atoms with Gasteiger partial charge in [0, 0.05) is 18.6 Å². The van der Waals surface area contributed by atoms with E-state index in [-0.39, 0.29) is 6.61 Å². The smallest absolute Gasteiger partial charge is 0.314 e. The van der Waals surface area contributed by atoms with E-state index in [0.29, 0.717) is 11.3 Å². The normalized spacial score (nSPS) is 11.8. The number of aromatic nitrogens is 2. The number of hydrogen-bond acceptors (Lipinski definition) is 4. The Morgan fingerprint density at radius 1 is 1.22 bits per heavy atom. The Balaban J connectivity index is 2.06. The molecule has 0 spiro atoms. The molecule has 18 heavy (non-hydrogen) atoms. The highest BCUT2D eigenvalue weighted by molar-refractivity contribution is 5.76. The summed E-state index contributed by atoms with van der Waals surface area (Å²) in [4.78, 5) is 19.0. The first kappa shape index (κ1) is 12.0. The van der Waals surface area contributed by atoms with Crippen molar-refractivity contribution in [3.05, 3.63) is 54.6 Å². The zero-order chi connectivity index (χ0) is 12.8. The third-order valence-corrected chi connectivity index (χ3v) is 2.46. The highest BCUT2D eigenvalue weighted by atomic mass is 16.5. The number of pyridine rings is 2. The van der Waals surface area contributed by atoms with Crippen LogP contribution in [-0.4, -0.2) is 27.7 Å². The van der Waals surface area contributed by atoms with Gasteiger partial charge in [-0.05, 0) is 29.8 Å². The van der Waals surface area contributed by atoms with E-state index in [2.05, 4.69) is 9.97 Å². The lowest BCUT2D eigenvalue weighted by Crippen LogP contribution is -2.19. The van der Waals surface area contributed by atoms with Gasteiger partial charge in [0.15, 0.2) is 0 Å². The fourth-order valence-electron chi connectivity index (χ4n) is 1.52. The molecule has 0 fully saturated rings. The Morgan fingerprint density at radius 3 is 2.61 bits per heavy atom. The van der Waals surface area contributed by atoms with Crippen molar-refractivity contribution in [3.63, 3.8) is 0 Å². The van der Waals surface area contributed by atoms with Gasteiger partial charge in [0.25, 0.3) is 0 Å². The summed E-state index contributed by atoms with van der Waals surface area (Å²) in [5.74, 6) is -1.09. The van der Waals surface area contributed by atoms with Gasteiger partial charge >= 0.3 is 5.97 Å². The van der Waals surface area contributed by atoms with Crippen molar-refractivity contribution in [3.8, 4) is 5.75 Å². The van der Waals surface area contributed by atoms with Crippen LogP contribution in [0.2, 0.25) is 0 Å².